The SMILES string of the molecule is CC1C=Cc2nncn2C1. The van der Waals surface area contributed by atoms with Crippen molar-refractivity contribution in [3.05, 3.63) is 18.2 Å². The van der Waals surface area contributed by atoms with E-state index in [9.17, 15) is 0 Å². The lowest BCUT2D eigenvalue weighted by molar-refractivity contribution is 0.555. The summed E-state index contributed by atoms with van der Waals surface area (Å²) in [4.78, 5) is 0. The smallest absolute Gasteiger partial charge is 0.156 e. The highest BCUT2D eigenvalue weighted by atomic mass is 15.3. The van der Waals surface area contributed by atoms with Crippen LogP contribution in [-0.4, -0.2) is 14.8 Å². The van der Waals surface area contributed by atoms with Crippen LogP contribution in [0.3, 0.4) is 0 Å². The summed E-state index contributed by atoms with van der Waals surface area (Å²) < 4.78 is 2.06. The molecule has 0 saturated carbocycles. The summed E-state index contributed by atoms with van der Waals surface area (Å²) in [6.45, 7) is 3.19. The molecule has 1 aromatic heterocycles. The van der Waals surface area contributed by atoms with Gasteiger partial charge in [-0.1, -0.05) is 13.0 Å². The third kappa shape index (κ3) is 0.744. The Kier molecular flexibility index (Phi) is 1.09. The minimum absolute atomic E-state index is 0.614. The van der Waals surface area contributed by atoms with Crippen LogP contribution in [0, 0.1) is 5.92 Å². The van der Waals surface area contributed by atoms with Crippen molar-refractivity contribution in [2.24, 2.45) is 5.92 Å². The Morgan fingerprint density at radius 2 is 2.60 bits per heavy atom. The van der Waals surface area contributed by atoms with E-state index in [4.69, 9.17) is 0 Å². The molecule has 3 heteroatoms. The number of aromatic nitrogens is 3. The number of fused-ring (bicyclic) bond motifs is 1. The van der Waals surface area contributed by atoms with Gasteiger partial charge in [-0.3, -0.25) is 0 Å². The number of allylic oxidation sites excluding steroid dienone is 1. The van der Waals surface area contributed by atoms with Gasteiger partial charge in [-0.05, 0) is 12.0 Å². The van der Waals surface area contributed by atoms with Gasteiger partial charge in [-0.2, -0.15) is 0 Å². The van der Waals surface area contributed by atoms with Crippen molar-refractivity contribution >= 4 is 6.08 Å². The third-order valence-electron chi connectivity index (χ3n) is 1.70. The first-order chi connectivity index (χ1) is 4.86. The fraction of sp³-hybridized carbons (Fsp3) is 0.429. The van der Waals surface area contributed by atoms with Gasteiger partial charge in [-0.25, -0.2) is 0 Å². The maximum atomic E-state index is 3.92. The molecule has 2 heterocycles. The van der Waals surface area contributed by atoms with Crippen molar-refractivity contribution in [2.45, 2.75) is 13.5 Å². The van der Waals surface area contributed by atoms with Crippen LogP contribution in [0.2, 0.25) is 0 Å². The van der Waals surface area contributed by atoms with Crippen LogP contribution in [0.5, 0.6) is 0 Å². The van der Waals surface area contributed by atoms with E-state index in [0.717, 1.165) is 12.4 Å². The fourth-order valence-electron chi connectivity index (χ4n) is 1.16. The highest BCUT2D eigenvalue weighted by Gasteiger charge is 2.08. The molecule has 1 aliphatic rings. The lowest BCUT2D eigenvalue weighted by Gasteiger charge is -2.12. The van der Waals surface area contributed by atoms with Crippen LogP contribution in [0.15, 0.2) is 12.4 Å². The Morgan fingerprint density at radius 1 is 1.70 bits per heavy atom. The van der Waals surface area contributed by atoms with Crippen LogP contribution in [-0.2, 0) is 6.54 Å². The predicted octanol–water partition coefficient (Wildman–Crippen LogP) is 0.941. The standard InChI is InChI=1S/C7H9N3/c1-6-2-3-7-9-8-5-10(7)4-6/h2-3,5-6H,4H2,1H3. The van der Waals surface area contributed by atoms with E-state index in [1.807, 2.05) is 6.08 Å². The monoisotopic (exact) mass is 135 g/mol. The van der Waals surface area contributed by atoms with E-state index in [0.29, 0.717) is 5.92 Å². The lowest BCUT2D eigenvalue weighted by Crippen LogP contribution is -2.09. The summed E-state index contributed by atoms with van der Waals surface area (Å²) in [5.74, 6) is 1.58. The molecule has 0 amide bonds. The molecule has 0 N–H and O–H groups in total. The molecule has 1 aliphatic heterocycles. The summed E-state index contributed by atoms with van der Waals surface area (Å²) in [5.41, 5.74) is 0. The van der Waals surface area contributed by atoms with Crippen molar-refractivity contribution in [2.75, 3.05) is 0 Å². The fourth-order valence-corrected chi connectivity index (χ4v) is 1.16. The Balaban J connectivity index is 2.43. The van der Waals surface area contributed by atoms with Crippen LogP contribution in [0.4, 0.5) is 0 Å². The first-order valence-corrected chi connectivity index (χ1v) is 3.42. The lowest BCUT2D eigenvalue weighted by atomic mass is 10.1. The second kappa shape index (κ2) is 1.94. The van der Waals surface area contributed by atoms with Gasteiger partial charge >= 0.3 is 0 Å². The van der Waals surface area contributed by atoms with E-state index in [1.54, 1.807) is 6.33 Å². The second-order valence-electron chi connectivity index (χ2n) is 2.68. The second-order valence-corrected chi connectivity index (χ2v) is 2.68. The van der Waals surface area contributed by atoms with Gasteiger partial charge in [0.25, 0.3) is 0 Å². The first-order valence-electron chi connectivity index (χ1n) is 3.42. The molecule has 0 saturated heterocycles. The zero-order chi connectivity index (χ0) is 6.97. The predicted molar refractivity (Wildman–Crippen MR) is 38.2 cm³/mol. The zero-order valence-corrected chi connectivity index (χ0v) is 5.86. The van der Waals surface area contributed by atoms with E-state index < -0.39 is 0 Å². The summed E-state index contributed by atoms with van der Waals surface area (Å²) in [6, 6.07) is 0. The Bertz CT molecular complexity index is 262. The van der Waals surface area contributed by atoms with Gasteiger partial charge in [0.05, 0.1) is 0 Å². The van der Waals surface area contributed by atoms with Gasteiger partial charge in [0.1, 0.15) is 6.33 Å². The molecule has 10 heavy (non-hydrogen) atoms. The van der Waals surface area contributed by atoms with E-state index in [1.165, 1.54) is 0 Å². The van der Waals surface area contributed by atoms with E-state index >= 15 is 0 Å². The zero-order valence-electron chi connectivity index (χ0n) is 5.86. The van der Waals surface area contributed by atoms with Crippen LogP contribution in [0.25, 0.3) is 6.08 Å². The third-order valence-corrected chi connectivity index (χ3v) is 1.70. The van der Waals surface area contributed by atoms with Gasteiger partial charge in [0, 0.05) is 6.54 Å². The Labute approximate surface area is 59.4 Å². The molecule has 1 atom stereocenters. The molecule has 1 unspecified atom stereocenters. The molecular formula is C7H9N3. The minimum Gasteiger partial charge on any atom is -0.314 e. The molecular weight excluding hydrogens is 126 g/mol. The number of nitrogens with zero attached hydrogens (tertiary/aromatic N) is 3. The molecule has 0 spiro atoms. The van der Waals surface area contributed by atoms with E-state index in [-0.39, 0.29) is 0 Å². The highest BCUT2D eigenvalue weighted by Crippen LogP contribution is 2.12. The molecule has 2 rings (SSSR count). The summed E-state index contributed by atoms with van der Waals surface area (Å²) in [5, 5.41) is 7.72. The van der Waals surface area contributed by atoms with Crippen molar-refractivity contribution in [1.82, 2.24) is 14.8 Å². The van der Waals surface area contributed by atoms with Gasteiger partial charge in [-0.15, -0.1) is 10.2 Å². The number of rotatable bonds is 0. The molecule has 0 aliphatic carbocycles. The molecule has 1 aromatic rings. The maximum Gasteiger partial charge on any atom is 0.156 e. The van der Waals surface area contributed by atoms with Crippen molar-refractivity contribution in [3.8, 4) is 0 Å². The summed E-state index contributed by atoms with van der Waals surface area (Å²) in [6.07, 6.45) is 5.94. The molecule has 0 fully saturated rings. The summed E-state index contributed by atoms with van der Waals surface area (Å²) >= 11 is 0. The molecule has 0 aromatic carbocycles. The highest BCUT2D eigenvalue weighted by molar-refractivity contribution is 5.41. The maximum absolute atomic E-state index is 3.92. The normalized spacial score (nSPS) is 22.7. The molecule has 3 nitrogen and oxygen atoms in total. The minimum atomic E-state index is 0.614. The number of hydrogen-bond acceptors (Lipinski definition) is 2. The van der Waals surface area contributed by atoms with Gasteiger partial charge < -0.3 is 4.57 Å². The first kappa shape index (κ1) is 5.65. The Hall–Kier alpha value is -1.12. The molecule has 52 valence electrons. The van der Waals surface area contributed by atoms with Gasteiger partial charge in [0.15, 0.2) is 5.82 Å². The van der Waals surface area contributed by atoms with Crippen LogP contribution >= 0.6 is 0 Å². The van der Waals surface area contributed by atoms with Crippen molar-refractivity contribution in [1.29, 1.82) is 0 Å². The van der Waals surface area contributed by atoms with Gasteiger partial charge in [0.2, 0.25) is 0 Å². The molecule has 0 radical (unpaired) electrons. The molecule has 0 bridgehead atoms. The van der Waals surface area contributed by atoms with Crippen molar-refractivity contribution < 1.29 is 0 Å². The topological polar surface area (TPSA) is 30.7 Å². The van der Waals surface area contributed by atoms with Crippen LogP contribution in [0.1, 0.15) is 12.7 Å². The van der Waals surface area contributed by atoms with Crippen LogP contribution < -0.4 is 0 Å². The summed E-state index contributed by atoms with van der Waals surface area (Å²) in [7, 11) is 0. The number of hydrogen-bond donors (Lipinski definition) is 0. The quantitative estimate of drug-likeness (QED) is 0.530. The average Bonchev–Trinajstić information content (AvgIpc) is 2.33. The largest absolute Gasteiger partial charge is 0.314 e. The van der Waals surface area contributed by atoms with Crippen molar-refractivity contribution in [3.63, 3.8) is 0 Å². The Morgan fingerprint density at radius 3 is 3.50 bits per heavy atom. The average molecular weight is 135 g/mol. The van der Waals surface area contributed by atoms with E-state index in [2.05, 4.69) is 27.8 Å².